The topological polar surface area (TPSA) is 93.0 Å². The second-order valence-electron chi connectivity index (χ2n) is 8.46. The van der Waals surface area contributed by atoms with E-state index >= 15 is 0 Å². The maximum absolute atomic E-state index is 13.4. The lowest BCUT2D eigenvalue weighted by Crippen LogP contribution is -2.50. The zero-order chi connectivity index (χ0) is 24.1. The average molecular weight is 485 g/mol. The van der Waals surface area contributed by atoms with Crippen LogP contribution in [0, 0.1) is 5.82 Å². The molecule has 0 spiro atoms. The first-order valence-electron chi connectivity index (χ1n) is 11.3. The van der Waals surface area contributed by atoms with E-state index in [1.54, 1.807) is 43.3 Å². The third-order valence-electron chi connectivity index (χ3n) is 5.97. The molecule has 1 aliphatic rings. The first kappa shape index (κ1) is 23.8. The molecule has 3 aromatic rings. The molecule has 1 aliphatic carbocycles. The summed E-state index contributed by atoms with van der Waals surface area (Å²) in [6.45, 7) is 1.65. The van der Waals surface area contributed by atoms with E-state index in [1.165, 1.54) is 21.8 Å². The molecule has 178 valence electrons. The molecule has 2 amide bonds. The van der Waals surface area contributed by atoms with Gasteiger partial charge in [-0.05, 0) is 66.9 Å². The molecule has 1 N–H and O–H groups in total. The Balaban J connectivity index is 1.50. The molecule has 2 aromatic carbocycles. The summed E-state index contributed by atoms with van der Waals surface area (Å²) in [4.78, 5) is 28.9. The van der Waals surface area contributed by atoms with Gasteiger partial charge in [-0.3, -0.25) is 9.59 Å². The van der Waals surface area contributed by atoms with Crippen molar-refractivity contribution in [1.29, 1.82) is 0 Å². The Morgan fingerprint density at radius 1 is 1.15 bits per heavy atom. The lowest BCUT2D eigenvalue weighted by Gasteiger charge is -2.29. The third kappa shape index (κ3) is 5.96. The smallest absolute Gasteiger partial charge is 0.247 e. The van der Waals surface area contributed by atoms with Crippen LogP contribution >= 0.6 is 11.6 Å². The van der Waals surface area contributed by atoms with Gasteiger partial charge in [-0.25, -0.2) is 4.39 Å². The van der Waals surface area contributed by atoms with Gasteiger partial charge in [0, 0.05) is 23.2 Å². The van der Waals surface area contributed by atoms with Gasteiger partial charge in [-0.1, -0.05) is 36.6 Å². The Hall–Kier alpha value is -3.33. The Morgan fingerprint density at radius 2 is 1.82 bits per heavy atom. The molecule has 1 atom stereocenters. The Morgan fingerprint density at radius 3 is 2.50 bits per heavy atom. The van der Waals surface area contributed by atoms with Gasteiger partial charge < -0.3 is 10.2 Å². The normalized spacial score (nSPS) is 14.7. The molecule has 34 heavy (non-hydrogen) atoms. The van der Waals surface area contributed by atoms with Crippen molar-refractivity contribution in [3.63, 3.8) is 0 Å². The molecule has 0 radical (unpaired) electrons. The highest BCUT2D eigenvalue weighted by Gasteiger charge is 2.29. The molecule has 0 unspecified atom stereocenters. The molecule has 10 heteroatoms. The number of benzene rings is 2. The van der Waals surface area contributed by atoms with E-state index in [2.05, 4.69) is 20.7 Å². The third-order valence-corrected chi connectivity index (χ3v) is 6.22. The van der Waals surface area contributed by atoms with Gasteiger partial charge >= 0.3 is 0 Å². The highest BCUT2D eigenvalue weighted by Crippen LogP contribution is 2.19. The number of amides is 2. The fourth-order valence-electron chi connectivity index (χ4n) is 4.00. The number of hydrogen-bond donors (Lipinski definition) is 1. The number of halogens is 2. The molecular formula is C24H26ClFN6O2. The summed E-state index contributed by atoms with van der Waals surface area (Å²) in [6, 6.07) is 12.2. The van der Waals surface area contributed by atoms with Gasteiger partial charge in [0.1, 0.15) is 18.4 Å². The van der Waals surface area contributed by atoms with Gasteiger partial charge in [0.25, 0.3) is 0 Å². The second kappa shape index (κ2) is 10.7. The fraction of sp³-hybridized carbons (Fsp3) is 0.375. The minimum absolute atomic E-state index is 0.136. The van der Waals surface area contributed by atoms with Crippen molar-refractivity contribution in [2.24, 2.45) is 0 Å². The molecule has 1 heterocycles. The summed E-state index contributed by atoms with van der Waals surface area (Å²) >= 11 is 5.93. The van der Waals surface area contributed by atoms with Crippen molar-refractivity contribution in [2.75, 3.05) is 0 Å². The van der Waals surface area contributed by atoms with E-state index < -0.39 is 6.04 Å². The number of carbonyl (C=O) groups is 2. The second-order valence-corrected chi connectivity index (χ2v) is 8.90. The van der Waals surface area contributed by atoms with E-state index in [9.17, 15) is 14.0 Å². The summed E-state index contributed by atoms with van der Waals surface area (Å²) in [7, 11) is 0. The van der Waals surface area contributed by atoms with Gasteiger partial charge in [0.15, 0.2) is 0 Å². The van der Waals surface area contributed by atoms with Crippen LogP contribution in [0.5, 0.6) is 0 Å². The quantitative estimate of drug-likeness (QED) is 0.527. The molecular weight excluding hydrogens is 459 g/mol. The van der Waals surface area contributed by atoms with E-state index in [0.29, 0.717) is 16.4 Å². The summed E-state index contributed by atoms with van der Waals surface area (Å²) in [5, 5.41) is 15.9. The van der Waals surface area contributed by atoms with Crippen LogP contribution in [0.1, 0.15) is 38.2 Å². The van der Waals surface area contributed by atoms with Crippen LogP contribution in [-0.4, -0.2) is 49.0 Å². The highest BCUT2D eigenvalue weighted by molar-refractivity contribution is 6.30. The number of nitrogens with one attached hydrogen (secondary N) is 1. The molecule has 0 bridgehead atoms. The molecule has 4 rings (SSSR count). The van der Waals surface area contributed by atoms with Crippen molar-refractivity contribution >= 4 is 23.4 Å². The first-order chi connectivity index (χ1) is 16.4. The summed E-state index contributed by atoms with van der Waals surface area (Å²) in [5.41, 5.74) is 1.43. The van der Waals surface area contributed by atoms with Crippen LogP contribution in [0.4, 0.5) is 4.39 Å². The van der Waals surface area contributed by atoms with Crippen LogP contribution in [0.2, 0.25) is 5.02 Å². The van der Waals surface area contributed by atoms with Crippen molar-refractivity contribution in [2.45, 2.75) is 57.8 Å². The SMILES string of the molecule is C[C@@H](C(=O)NC1CCCC1)N(Cc1ccc(F)cc1)C(=O)Cn1nnc(-c2ccc(Cl)cc2)n1. The zero-order valence-corrected chi connectivity index (χ0v) is 19.6. The number of rotatable bonds is 8. The number of hydrogen-bond acceptors (Lipinski definition) is 5. The number of tetrazole rings is 1. The molecule has 8 nitrogen and oxygen atoms in total. The lowest BCUT2D eigenvalue weighted by molar-refractivity contribution is -0.141. The van der Waals surface area contributed by atoms with Crippen molar-refractivity contribution in [3.05, 3.63) is 64.9 Å². The average Bonchev–Trinajstić information content (AvgIpc) is 3.51. The lowest BCUT2D eigenvalue weighted by atomic mass is 10.1. The van der Waals surface area contributed by atoms with E-state index in [0.717, 1.165) is 31.2 Å². The van der Waals surface area contributed by atoms with Crippen LogP contribution in [0.15, 0.2) is 48.5 Å². The minimum Gasteiger partial charge on any atom is -0.352 e. The molecule has 1 aromatic heterocycles. The van der Waals surface area contributed by atoms with E-state index in [4.69, 9.17) is 11.6 Å². The van der Waals surface area contributed by atoms with Crippen LogP contribution in [0.25, 0.3) is 11.4 Å². The largest absolute Gasteiger partial charge is 0.352 e. The maximum Gasteiger partial charge on any atom is 0.247 e. The zero-order valence-electron chi connectivity index (χ0n) is 18.8. The van der Waals surface area contributed by atoms with Crippen LogP contribution < -0.4 is 5.32 Å². The van der Waals surface area contributed by atoms with Crippen molar-refractivity contribution in [1.82, 2.24) is 30.4 Å². The van der Waals surface area contributed by atoms with Crippen molar-refractivity contribution in [3.8, 4) is 11.4 Å². The monoisotopic (exact) mass is 484 g/mol. The Bertz CT molecular complexity index is 1130. The molecule has 0 aliphatic heterocycles. The Labute approximate surface area is 202 Å². The first-order valence-corrected chi connectivity index (χ1v) is 11.6. The predicted molar refractivity (Wildman–Crippen MR) is 125 cm³/mol. The minimum atomic E-state index is -0.725. The highest BCUT2D eigenvalue weighted by atomic mass is 35.5. The van der Waals surface area contributed by atoms with Crippen LogP contribution in [-0.2, 0) is 22.7 Å². The molecule has 0 saturated heterocycles. The van der Waals surface area contributed by atoms with Crippen LogP contribution in [0.3, 0.4) is 0 Å². The number of nitrogens with zero attached hydrogens (tertiary/aromatic N) is 5. The van der Waals surface area contributed by atoms with E-state index in [1.807, 2.05) is 0 Å². The molecule has 1 fully saturated rings. The van der Waals surface area contributed by atoms with E-state index in [-0.39, 0.29) is 36.8 Å². The summed E-state index contributed by atoms with van der Waals surface area (Å²) in [6.07, 6.45) is 4.07. The van der Waals surface area contributed by atoms with Gasteiger partial charge in [0.2, 0.25) is 17.6 Å². The number of carbonyl (C=O) groups excluding carboxylic acids is 2. The predicted octanol–water partition coefficient (Wildman–Crippen LogP) is 3.61. The summed E-state index contributed by atoms with van der Waals surface area (Å²) in [5.74, 6) is -0.564. The Kier molecular flexibility index (Phi) is 7.52. The van der Waals surface area contributed by atoms with Crippen molar-refractivity contribution < 1.29 is 14.0 Å². The summed E-state index contributed by atoms with van der Waals surface area (Å²) < 4.78 is 13.4. The number of aromatic nitrogens is 4. The van der Waals surface area contributed by atoms with Gasteiger partial charge in [-0.2, -0.15) is 4.80 Å². The van der Waals surface area contributed by atoms with Gasteiger partial charge in [-0.15, -0.1) is 10.2 Å². The van der Waals surface area contributed by atoms with Gasteiger partial charge in [0.05, 0.1) is 0 Å². The fourth-order valence-corrected chi connectivity index (χ4v) is 4.12. The maximum atomic E-state index is 13.4. The molecule has 1 saturated carbocycles. The standard InChI is InChI=1S/C24H26ClFN6O2/c1-16(24(34)27-21-4-2-3-5-21)31(14-17-6-12-20(26)13-7-17)22(33)15-32-29-23(28-30-32)18-8-10-19(25)11-9-18/h6-13,16,21H,2-5,14-15H2,1H3,(H,27,34)/t16-/m0/s1.